The SMILES string of the molecule is COc1cc(/C=C(/CC[C@@H](O)C2=C(COc3ccccc3)C[C@H]3C(=O)N(C4CCCCC4)C(=O)[C@H]3[C@H]2CO)c2ccccc2)cc(I)c1O. The second kappa shape index (κ2) is 15.9. The highest BCUT2D eigenvalue weighted by Gasteiger charge is 2.56. The minimum Gasteiger partial charge on any atom is -0.504 e. The normalized spacial score (nSPS) is 22.3. The molecule has 0 unspecified atom stereocenters. The molecule has 1 aliphatic heterocycles. The van der Waals surface area contributed by atoms with Crippen molar-refractivity contribution in [3.8, 4) is 17.2 Å². The summed E-state index contributed by atoms with van der Waals surface area (Å²) in [5.74, 6) is -1.23. The van der Waals surface area contributed by atoms with E-state index in [1.54, 1.807) is 6.07 Å². The smallest absolute Gasteiger partial charge is 0.234 e. The van der Waals surface area contributed by atoms with Crippen LogP contribution in [0, 0.1) is 21.3 Å². The van der Waals surface area contributed by atoms with E-state index >= 15 is 0 Å². The molecule has 9 heteroatoms. The molecule has 0 bridgehead atoms. The summed E-state index contributed by atoms with van der Waals surface area (Å²) >= 11 is 2.08. The number of aromatic hydroxyl groups is 1. The van der Waals surface area contributed by atoms with Gasteiger partial charge in [-0.3, -0.25) is 14.5 Å². The number of phenols is 1. The van der Waals surface area contributed by atoms with Gasteiger partial charge in [0, 0.05) is 12.0 Å². The Morgan fingerprint density at radius 3 is 2.37 bits per heavy atom. The number of para-hydroxylation sites is 1. The zero-order valence-corrected chi connectivity index (χ0v) is 29.9. The highest BCUT2D eigenvalue weighted by atomic mass is 127. The molecule has 3 aromatic carbocycles. The van der Waals surface area contributed by atoms with Gasteiger partial charge in [0.2, 0.25) is 11.8 Å². The van der Waals surface area contributed by atoms with Gasteiger partial charge in [-0.1, -0.05) is 73.9 Å². The fraction of sp³-hybridized carbons (Fsp3) is 0.400. The van der Waals surface area contributed by atoms with Crippen LogP contribution in [0.2, 0.25) is 0 Å². The number of phenolic OH excluding ortho intramolecular Hbond substituents is 1. The fourth-order valence-corrected chi connectivity index (χ4v) is 8.56. The van der Waals surface area contributed by atoms with E-state index in [-0.39, 0.29) is 36.8 Å². The summed E-state index contributed by atoms with van der Waals surface area (Å²) in [4.78, 5) is 29.5. The van der Waals surface area contributed by atoms with Crippen LogP contribution in [0.5, 0.6) is 17.2 Å². The summed E-state index contributed by atoms with van der Waals surface area (Å²) in [5.41, 5.74) is 4.18. The number of benzene rings is 3. The monoisotopic (exact) mass is 777 g/mol. The number of rotatable bonds is 12. The average Bonchev–Trinajstić information content (AvgIpc) is 3.39. The molecule has 0 aromatic heterocycles. The Morgan fingerprint density at radius 2 is 1.69 bits per heavy atom. The Labute approximate surface area is 301 Å². The fourth-order valence-electron chi connectivity index (χ4n) is 7.94. The van der Waals surface area contributed by atoms with Gasteiger partial charge in [-0.2, -0.15) is 0 Å². The lowest BCUT2D eigenvalue weighted by molar-refractivity contribution is -0.143. The molecule has 2 fully saturated rings. The van der Waals surface area contributed by atoms with Gasteiger partial charge in [-0.05, 0) is 107 Å². The number of amides is 2. The van der Waals surface area contributed by atoms with Crippen molar-refractivity contribution in [1.82, 2.24) is 4.90 Å². The zero-order valence-electron chi connectivity index (χ0n) is 27.8. The van der Waals surface area contributed by atoms with Gasteiger partial charge in [-0.15, -0.1) is 0 Å². The van der Waals surface area contributed by atoms with E-state index < -0.39 is 23.9 Å². The summed E-state index contributed by atoms with van der Waals surface area (Å²) < 4.78 is 12.2. The Hall–Kier alpha value is -3.67. The van der Waals surface area contributed by atoms with Crippen LogP contribution in [0.4, 0.5) is 0 Å². The Morgan fingerprint density at radius 1 is 1.00 bits per heavy atom. The van der Waals surface area contributed by atoms with Crippen LogP contribution in [0.3, 0.4) is 0 Å². The number of aliphatic hydroxyl groups is 2. The Balaban J connectivity index is 1.32. The number of methoxy groups -OCH3 is 1. The summed E-state index contributed by atoms with van der Waals surface area (Å²) in [7, 11) is 1.52. The molecule has 0 radical (unpaired) electrons. The summed E-state index contributed by atoms with van der Waals surface area (Å²) in [6.07, 6.45) is 6.87. The van der Waals surface area contributed by atoms with Gasteiger partial charge in [-0.25, -0.2) is 0 Å². The molecule has 2 aliphatic carbocycles. The van der Waals surface area contributed by atoms with Crippen molar-refractivity contribution in [3.63, 3.8) is 0 Å². The predicted octanol–water partition coefficient (Wildman–Crippen LogP) is 7.01. The van der Waals surface area contributed by atoms with Crippen LogP contribution >= 0.6 is 22.6 Å². The molecule has 3 aliphatic rings. The van der Waals surface area contributed by atoms with Gasteiger partial charge in [0.1, 0.15) is 12.4 Å². The Bertz CT molecular complexity index is 1700. The lowest BCUT2D eigenvalue weighted by Crippen LogP contribution is -2.42. The number of allylic oxidation sites excluding steroid dienone is 1. The van der Waals surface area contributed by atoms with Crippen LogP contribution < -0.4 is 9.47 Å². The molecule has 8 nitrogen and oxygen atoms in total. The predicted molar refractivity (Wildman–Crippen MR) is 197 cm³/mol. The first-order valence-electron chi connectivity index (χ1n) is 17.2. The van der Waals surface area contributed by atoms with Crippen LogP contribution in [0.25, 0.3) is 11.6 Å². The van der Waals surface area contributed by atoms with Crippen molar-refractivity contribution in [2.45, 2.75) is 63.5 Å². The van der Waals surface area contributed by atoms with Gasteiger partial charge < -0.3 is 24.8 Å². The molecule has 6 rings (SSSR count). The molecule has 1 saturated carbocycles. The molecule has 1 heterocycles. The molecular weight excluding hydrogens is 733 g/mol. The minimum absolute atomic E-state index is 0.0850. The van der Waals surface area contributed by atoms with Gasteiger partial charge in [0.05, 0.1) is 35.2 Å². The quantitative estimate of drug-likeness (QED) is 0.0785. The highest BCUT2D eigenvalue weighted by Crippen LogP contribution is 2.48. The molecule has 258 valence electrons. The minimum atomic E-state index is -0.985. The molecule has 2 amide bonds. The standard InChI is InChI=1S/C40H44INO7/c1-48-35-21-25(20-33(41)38(35)45)19-27(26-11-5-2-6-12-26)17-18-34(44)36-28(24-49-30-15-9-4-10-16-30)22-31-37(32(36)23-43)40(47)42(39(31)46)29-13-7-3-8-14-29/h2,4-6,9-12,15-16,19-21,29,31-32,34,37,43-45H,3,7-8,13-14,17-18,22-24H2,1H3/b27-19-/t31-,32+,34-,37-/m1/s1. The second-order valence-electron chi connectivity index (χ2n) is 13.3. The number of carbonyl (C=O) groups excluding carboxylic acids is 2. The average molecular weight is 778 g/mol. The maximum Gasteiger partial charge on any atom is 0.234 e. The number of halogens is 1. The van der Waals surface area contributed by atoms with Crippen LogP contribution in [0.15, 0.2) is 83.9 Å². The highest BCUT2D eigenvalue weighted by molar-refractivity contribution is 14.1. The lowest BCUT2D eigenvalue weighted by Gasteiger charge is -2.36. The first-order chi connectivity index (χ1) is 23.8. The number of nitrogens with zero attached hydrogens (tertiary/aromatic N) is 1. The van der Waals surface area contributed by atoms with Gasteiger partial charge in [0.25, 0.3) is 0 Å². The number of fused-ring (bicyclic) bond motifs is 1. The molecule has 0 spiro atoms. The van der Waals surface area contributed by atoms with Crippen molar-refractivity contribution < 1.29 is 34.4 Å². The van der Waals surface area contributed by atoms with Gasteiger partial charge >= 0.3 is 0 Å². The third-order valence-electron chi connectivity index (χ3n) is 10.3. The van der Waals surface area contributed by atoms with Crippen molar-refractivity contribution in [3.05, 3.63) is 98.6 Å². The molecule has 4 atom stereocenters. The third kappa shape index (κ3) is 7.59. The van der Waals surface area contributed by atoms with E-state index in [2.05, 4.69) is 22.6 Å². The van der Waals surface area contributed by atoms with Crippen molar-refractivity contribution in [2.75, 3.05) is 20.3 Å². The second-order valence-corrected chi connectivity index (χ2v) is 14.4. The van der Waals surface area contributed by atoms with Crippen molar-refractivity contribution >= 4 is 46.1 Å². The number of hydrogen-bond donors (Lipinski definition) is 3. The zero-order chi connectivity index (χ0) is 34.5. The van der Waals surface area contributed by atoms with Crippen molar-refractivity contribution in [2.24, 2.45) is 17.8 Å². The number of aliphatic hydroxyl groups excluding tert-OH is 2. The number of hydrogen-bond acceptors (Lipinski definition) is 7. The van der Waals surface area contributed by atoms with Crippen LogP contribution in [-0.2, 0) is 9.59 Å². The molecule has 3 N–H and O–H groups in total. The number of likely N-dealkylation sites (tertiary alicyclic amines) is 1. The summed E-state index contributed by atoms with van der Waals surface area (Å²) in [5, 5.41) is 33.3. The number of carbonyl (C=O) groups is 2. The van der Waals surface area contributed by atoms with E-state index in [0.717, 1.165) is 54.4 Å². The van der Waals surface area contributed by atoms with Crippen LogP contribution in [0.1, 0.15) is 62.5 Å². The van der Waals surface area contributed by atoms with Gasteiger partial charge in [0.15, 0.2) is 11.5 Å². The molecular formula is C40H44INO7. The van der Waals surface area contributed by atoms with Crippen molar-refractivity contribution in [1.29, 1.82) is 0 Å². The van der Waals surface area contributed by atoms with E-state index in [0.29, 0.717) is 39.9 Å². The topological polar surface area (TPSA) is 117 Å². The number of imide groups is 1. The molecule has 49 heavy (non-hydrogen) atoms. The van der Waals surface area contributed by atoms with E-state index in [1.807, 2.05) is 72.8 Å². The molecule has 3 aromatic rings. The first kappa shape index (κ1) is 35.2. The maximum absolute atomic E-state index is 14.1. The summed E-state index contributed by atoms with van der Waals surface area (Å²) in [6, 6.07) is 22.9. The lowest BCUT2D eigenvalue weighted by atomic mass is 9.68. The maximum atomic E-state index is 14.1. The largest absolute Gasteiger partial charge is 0.504 e. The summed E-state index contributed by atoms with van der Waals surface area (Å²) in [6.45, 7) is -0.207. The Kier molecular flexibility index (Phi) is 11.4. The van der Waals surface area contributed by atoms with E-state index in [1.165, 1.54) is 12.0 Å². The van der Waals surface area contributed by atoms with Crippen LogP contribution in [-0.4, -0.2) is 64.5 Å². The van der Waals surface area contributed by atoms with E-state index in [4.69, 9.17) is 9.47 Å². The first-order valence-corrected chi connectivity index (χ1v) is 18.3. The van der Waals surface area contributed by atoms with E-state index in [9.17, 15) is 24.9 Å². The third-order valence-corrected chi connectivity index (χ3v) is 11.1. The molecule has 1 saturated heterocycles. The number of ether oxygens (including phenoxy) is 2.